The Kier molecular flexibility index (Phi) is 12.3. The Hall–Kier alpha value is -3.58. The number of hydrogen-bond donors (Lipinski definition) is 7. The molecule has 0 radical (unpaired) electrons. The second-order valence-electron chi connectivity index (χ2n) is 9.57. The van der Waals surface area contributed by atoms with Crippen molar-refractivity contribution in [2.45, 2.75) is 63.7 Å². The van der Waals surface area contributed by atoms with Crippen LogP contribution in [0, 0.1) is 5.92 Å². The third-order valence-electron chi connectivity index (χ3n) is 6.20. The predicted molar refractivity (Wildman–Crippen MR) is 148 cm³/mol. The highest BCUT2D eigenvalue weighted by Crippen LogP contribution is 2.19. The van der Waals surface area contributed by atoms with Crippen LogP contribution in [0.25, 0.3) is 10.9 Å². The Morgan fingerprint density at radius 2 is 1.62 bits per heavy atom. The van der Waals surface area contributed by atoms with E-state index in [0.717, 1.165) is 16.5 Å². The number of aromatic amines is 1. The number of amides is 3. The third kappa shape index (κ3) is 9.59. The van der Waals surface area contributed by atoms with Crippen molar-refractivity contribution < 1.29 is 34.2 Å². The number of carboxylic acids is 2. The molecule has 13 heteroatoms. The lowest BCUT2D eigenvalue weighted by molar-refractivity contribution is -0.142. The Balaban J connectivity index is 2.12. The van der Waals surface area contributed by atoms with Crippen molar-refractivity contribution in [1.82, 2.24) is 20.9 Å². The largest absolute Gasteiger partial charge is 0.481 e. The second kappa shape index (κ2) is 15.1. The molecule has 4 unspecified atom stereocenters. The maximum atomic E-state index is 13.2. The topological polar surface area (TPSA) is 204 Å². The van der Waals surface area contributed by atoms with Crippen LogP contribution in [0.15, 0.2) is 30.5 Å². The molecule has 2 rings (SSSR count). The summed E-state index contributed by atoms with van der Waals surface area (Å²) in [6, 6.07) is 2.97. The Morgan fingerprint density at radius 1 is 0.949 bits per heavy atom. The van der Waals surface area contributed by atoms with E-state index in [1.807, 2.05) is 30.5 Å². The number of carbonyl (C=O) groups is 5. The minimum Gasteiger partial charge on any atom is -0.481 e. The van der Waals surface area contributed by atoms with E-state index in [-0.39, 0.29) is 19.3 Å². The van der Waals surface area contributed by atoms with Crippen LogP contribution in [0.3, 0.4) is 0 Å². The number of rotatable bonds is 16. The fourth-order valence-corrected chi connectivity index (χ4v) is 4.46. The first kappa shape index (κ1) is 31.6. The van der Waals surface area contributed by atoms with Gasteiger partial charge < -0.3 is 36.9 Å². The van der Waals surface area contributed by atoms with Crippen LogP contribution < -0.4 is 21.7 Å². The van der Waals surface area contributed by atoms with Gasteiger partial charge in [0.1, 0.15) is 18.1 Å². The first-order valence-electron chi connectivity index (χ1n) is 12.6. The van der Waals surface area contributed by atoms with E-state index in [9.17, 15) is 29.1 Å². The van der Waals surface area contributed by atoms with Gasteiger partial charge in [0, 0.05) is 23.5 Å². The molecule has 1 aromatic carbocycles. The van der Waals surface area contributed by atoms with Crippen molar-refractivity contribution in [3.8, 4) is 0 Å². The first-order chi connectivity index (χ1) is 18.4. The standard InChI is InChI=1S/C26H37N5O7S/c1-14(2)22(25(36)30-20(26(37)38)10-11-39-3)31-24(35)19(8-9-21(32)33)29-23(34)17(27)12-15-13-28-18-7-5-4-6-16(15)18/h4-7,13-14,17,19-20,22,28H,8-12,27H2,1-3H3,(H,29,34)(H,30,36)(H,31,35)(H,32,33)(H,37,38). The molecule has 12 nitrogen and oxygen atoms in total. The monoisotopic (exact) mass is 563 g/mol. The molecule has 8 N–H and O–H groups in total. The molecular weight excluding hydrogens is 526 g/mol. The molecule has 1 heterocycles. The third-order valence-corrected chi connectivity index (χ3v) is 6.85. The molecule has 0 spiro atoms. The van der Waals surface area contributed by atoms with E-state index in [0.29, 0.717) is 5.75 Å². The lowest BCUT2D eigenvalue weighted by atomic mass is 10.0. The van der Waals surface area contributed by atoms with Gasteiger partial charge in [-0.2, -0.15) is 11.8 Å². The van der Waals surface area contributed by atoms with E-state index in [2.05, 4.69) is 20.9 Å². The van der Waals surface area contributed by atoms with E-state index in [4.69, 9.17) is 10.8 Å². The summed E-state index contributed by atoms with van der Waals surface area (Å²) in [6.45, 7) is 3.34. The Morgan fingerprint density at radius 3 is 2.23 bits per heavy atom. The molecule has 0 bridgehead atoms. The lowest BCUT2D eigenvalue weighted by Gasteiger charge is -2.27. The Labute approximate surface area is 230 Å². The fourth-order valence-electron chi connectivity index (χ4n) is 3.99. The van der Waals surface area contributed by atoms with E-state index in [1.165, 1.54) is 11.8 Å². The van der Waals surface area contributed by atoms with Gasteiger partial charge in [0.15, 0.2) is 0 Å². The molecule has 0 aliphatic rings. The van der Waals surface area contributed by atoms with Crippen molar-refractivity contribution in [2.75, 3.05) is 12.0 Å². The summed E-state index contributed by atoms with van der Waals surface area (Å²) in [6.07, 6.45) is 3.30. The molecule has 0 saturated heterocycles. The maximum absolute atomic E-state index is 13.2. The number of carboxylic acid groups (broad SMARTS) is 2. The number of carbonyl (C=O) groups excluding carboxylic acids is 3. The minimum absolute atomic E-state index is 0.173. The van der Waals surface area contributed by atoms with E-state index < -0.39 is 66.2 Å². The molecule has 39 heavy (non-hydrogen) atoms. The predicted octanol–water partition coefficient (Wildman–Crippen LogP) is 0.851. The van der Waals surface area contributed by atoms with Crippen molar-refractivity contribution in [1.29, 1.82) is 0 Å². The zero-order valence-electron chi connectivity index (χ0n) is 22.2. The average molecular weight is 564 g/mol. The first-order valence-corrected chi connectivity index (χ1v) is 14.0. The number of fused-ring (bicyclic) bond motifs is 1. The normalized spacial score (nSPS) is 14.3. The maximum Gasteiger partial charge on any atom is 0.326 e. The molecule has 0 fully saturated rings. The van der Waals surface area contributed by atoms with Gasteiger partial charge in [-0.05, 0) is 48.8 Å². The molecule has 0 aliphatic heterocycles. The summed E-state index contributed by atoms with van der Waals surface area (Å²) in [5, 5.41) is 27.0. The average Bonchev–Trinajstić information content (AvgIpc) is 3.29. The van der Waals surface area contributed by atoms with Gasteiger partial charge in [-0.15, -0.1) is 0 Å². The zero-order valence-corrected chi connectivity index (χ0v) is 23.0. The van der Waals surface area contributed by atoms with Crippen LogP contribution in [0.2, 0.25) is 0 Å². The highest BCUT2D eigenvalue weighted by Gasteiger charge is 2.32. The van der Waals surface area contributed by atoms with E-state index >= 15 is 0 Å². The summed E-state index contributed by atoms with van der Waals surface area (Å²) in [7, 11) is 0. The van der Waals surface area contributed by atoms with Crippen molar-refractivity contribution in [2.24, 2.45) is 11.7 Å². The molecule has 0 aliphatic carbocycles. The minimum atomic E-state index is -1.27. The van der Waals surface area contributed by atoms with Gasteiger partial charge in [0.05, 0.1) is 6.04 Å². The summed E-state index contributed by atoms with van der Waals surface area (Å²) in [5.74, 6) is -4.38. The van der Waals surface area contributed by atoms with Crippen LogP contribution in [0.5, 0.6) is 0 Å². The van der Waals surface area contributed by atoms with Crippen LogP contribution in [-0.4, -0.2) is 81.0 Å². The smallest absolute Gasteiger partial charge is 0.326 e. The van der Waals surface area contributed by atoms with Crippen LogP contribution in [0.1, 0.15) is 38.7 Å². The van der Waals surface area contributed by atoms with Crippen molar-refractivity contribution in [3.05, 3.63) is 36.0 Å². The number of aliphatic carboxylic acids is 2. The number of hydrogen-bond acceptors (Lipinski definition) is 7. The summed E-state index contributed by atoms with van der Waals surface area (Å²) in [4.78, 5) is 64.8. The molecular formula is C26H37N5O7S. The van der Waals surface area contributed by atoms with Gasteiger partial charge in [-0.25, -0.2) is 4.79 Å². The second-order valence-corrected chi connectivity index (χ2v) is 10.6. The van der Waals surface area contributed by atoms with Crippen molar-refractivity contribution >= 4 is 52.3 Å². The van der Waals surface area contributed by atoms with Gasteiger partial charge in [-0.3, -0.25) is 19.2 Å². The quantitative estimate of drug-likeness (QED) is 0.154. The highest BCUT2D eigenvalue weighted by molar-refractivity contribution is 7.98. The van der Waals surface area contributed by atoms with Crippen LogP contribution >= 0.6 is 11.8 Å². The lowest BCUT2D eigenvalue weighted by Crippen LogP contribution is -2.58. The van der Waals surface area contributed by atoms with Gasteiger partial charge in [0.25, 0.3) is 0 Å². The van der Waals surface area contributed by atoms with Crippen molar-refractivity contribution in [3.63, 3.8) is 0 Å². The molecule has 2 aromatic rings. The fraction of sp³-hybridized carbons (Fsp3) is 0.500. The zero-order chi connectivity index (χ0) is 29.1. The number of benzene rings is 1. The molecule has 214 valence electrons. The van der Waals surface area contributed by atoms with Crippen LogP contribution in [-0.2, 0) is 30.4 Å². The highest BCUT2D eigenvalue weighted by atomic mass is 32.2. The molecule has 1 aromatic heterocycles. The van der Waals surface area contributed by atoms with Crippen LogP contribution in [0.4, 0.5) is 0 Å². The number of para-hydroxylation sites is 1. The molecule has 0 saturated carbocycles. The SMILES string of the molecule is CSCCC(NC(=O)C(NC(=O)C(CCC(=O)O)NC(=O)C(N)Cc1c[nH]c2ccccc12)C(C)C)C(=O)O. The molecule has 3 amide bonds. The Bertz CT molecular complexity index is 1170. The number of H-pyrrole nitrogens is 1. The summed E-state index contributed by atoms with van der Waals surface area (Å²) < 4.78 is 0. The molecule has 4 atom stereocenters. The number of nitrogens with one attached hydrogen (secondary N) is 4. The van der Waals surface area contributed by atoms with E-state index in [1.54, 1.807) is 20.0 Å². The van der Waals surface area contributed by atoms with Gasteiger partial charge in [0.2, 0.25) is 17.7 Å². The summed E-state index contributed by atoms with van der Waals surface area (Å²) >= 11 is 1.44. The van der Waals surface area contributed by atoms with Gasteiger partial charge in [-0.1, -0.05) is 32.0 Å². The van der Waals surface area contributed by atoms with Gasteiger partial charge >= 0.3 is 11.9 Å². The number of nitrogens with two attached hydrogens (primary N) is 1. The number of aromatic nitrogens is 1. The number of thioether (sulfide) groups is 1. The summed E-state index contributed by atoms with van der Waals surface area (Å²) in [5.41, 5.74) is 7.82.